The zero-order valence-electron chi connectivity index (χ0n) is 12.8. The van der Waals surface area contributed by atoms with E-state index < -0.39 is 0 Å². The van der Waals surface area contributed by atoms with Crippen molar-refractivity contribution in [1.29, 1.82) is 0 Å². The molecule has 2 aliphatic rings. The number of nitrogens with zero attached hydrogens (tertiary/aromatic N) is 1. The van der Waals surface area contributed by atoms with Gasteiger partial charge in [-0.1, -0.05) is 13.0 Å². The van der Waals surface area contributed by atoms with Gasteiger partial charge in [-0.2, -0.15) is 0 Å². The molecule has 1 saturated heterocycles. The monoisotopic (exact) mass is 292 g/mol. The summed E-state index contributed by atoms with van der Waals surface area (Å²) in [6.07, 6.45) is 5.14. The predicted octanol–water partition coefficient (Wildman–Crippen LogP) is 3.24. The van der Waals surface area contributed by atoms with Crippen LogP contribution in [0.2, 0.25) is 0 Å². The van der Waals surface area contributed by atoms with Gasteiger partial charge in [0, 0.05) is 30.6 Å². The van der Waals surface area contributed by atoms with Crippen molar-refractivity contribution in [1.82, 2.24) is 4.90 Å². The van der Waals surface area contributed by atoms with E-state index in [1.165, 1.54) is 18.6 Å². The Bertz CT molecular complexity index is 508. The zero-order valence-corrected chi connectivity index (χ0v) is 12.8. The van der Waals surface area contributed by atoms with Crippen LogP contribution in [0.25, 0.3) is 0 Å². The number of nitrogens with two attached hydrogens (primary N) is 1. The van der Waals surface area contributed by atoms with E-state index in [0.717, 1.165) is 50.9 Å². The van der Waals surface area contributed by atoms with Crippen molar-refractivity contribution in [2.24, 2.45) is 5.73 Å². The molecule has 0 amide bonds. The SMILES string of the molecule is CCCN1CCCC2(CC1)C[C@H](N)c1ccc(F)cc1O2. The minimum Gasteiger partial charge on any atom is -0.487 e. The lowest BCUT2D eigenvalue weighted by atomic mass is 9.82. The van der Waals surface area contributed by atoms with E-state index in [9.17, 15) is 4.39 Å². The van der Waals surface area contributed by atoms with Crippen LogP contribution in [0.3, 0.4) is 0 Å². The van der Waals surface area contributed by atoms with Crippen LogP contribution in [-0.2, 0) is 0 Å². The highest BCUT2D eigenvalue weighted by atomic mass is 19.1. The molecule has 3 rings (SSSR count). The maximum atomic E-state index is 13.5. The Morgan fingerprint density at radius 2 is 2.24 bits per heavy atom. The standard InChI is InChI=1S/C17H25FN2O/c1-2-8-20-9-3-6-17(7-10-20)12-15(19)14-5-4-13(18)11-16(14)21-17/h4-5,11,15H,2-3,6-10,12,19H2,1H3/t15-,17?/m0/s1. The number of rotatable bonds is 2. The van der Waals surface area contributed by atoms with Crippen LogP contribution in [0.5, 0.6) is 5.75 Å². The molecule has 1 aromatic rings. The van der Waals surface area contributed by atoms with Gasteiger partial charge in [0.15, 0.2) is 0 Å². The molecule has 4 heteroatoms. The van der Waals surface area contributed by atoms with Crippen LogP contribution in [0, 0.1) is 5.82 Å². The summed E-state index contributed by atoms with van der Waals surface area (Å²) in [4.78, 5) is 2.50. The molecule has 21 heavy (non-hydrogen) atoms. The molecule has 2 heterocycles. The summed E-state index contributed by atoms with van der Waals surface area (Å²) in [5.41, 5.74) is 7.07. The summed E-state index contributed by atoms with van der Waals surface area (Å²) in [5, 5.41) is 0. The van der Waals surface area contributed by atoms with E-state index >= 15 is 0 Å². The fourth-order valence-corrected chi connectivity index (χ4v) is 3.76. The molecule has 0 bridgehead atoms. The average molecular weight is 292 g/mol. The van der Waals surface area contributed by atoms with E-state index in [1.807, 2.05) is 0 Å². The van der Waals surface area contributed by atoms with E-state index in [2.05, 4.69) is 11.8 Å². The predicted molar refractivity (Wildman–Crippen MR) is 81.9 cm³/mol. The van der Waals surface area contributed by atoms with Crippen LogP contribution >= 0.6 is 0 Å². The normalized spacial score (nSPS) is 29.8. The second-order valence-electron chi connectivity index (χ2n) is 6.47. The van der Waals surface area contributed by atoms with E-state index in [4.69, 9.17) is 10.5 Å². The van der Waals surface area contributed by atoms with Gasteiger partial charge in [-0.05, 0) is 44.8 Å². The summed E-state index contributed by atoms with van der Waals surface area (Å²) in [6.45, 7) is 5.54. The average Bonchev–Trinajstić information content (AvgIpc) is 2.62. The van der Waals surface area contributed by atoms with Crippen molar-refractivity contribution in [3.63, 3.8) is 0 Å². The highest BCUT2D eigenvalue weighted by Crippen LogP contribution is 2.43. The second-order valence-corrected chi connectivity index (χ2v) is 6.47. The van der Waals surface area contributed by atoms with Gasteiger partial charge in [0.1, 0.15) is 17.2 Å². The summed E-state index contributed by atoms with van der Waals surface area (Å²) in [5.74, 6) is 0.400. The molecule has 2 N–H and O–H groups in total. The number of ether oxygens (including phenoxy) is 1. The Kier molecular flexibility index (Phi) is 4.18. The van der Waals surface area contributed by atoms with Crippen molar-refractivity contribution in [3.8, 4) is 5.75 Å². The first kappa shape index (κ1) is 14.8. The van der Waals surface area contributed by atoms with Crippen LogP contribution in [-0.4, -0.2) is 30.1 Å². The molecule has 2 aliphatic heterocycles. The Morgan fingerprint density at radius 1 is 1.38 bits per heavy atom. The molecule has 1 aromatic carbocycles. The van der Waals surface area contributed by atoms with Gasteiger partial charge >= 0.3 is 0 Å². The number of hydrogen-bond acceptors (Lipinski definition) is 3. The molecule has 1 unspecified atom stereocenters. The lowest BCUT2D eigenvalue weighted by Crippen LogP contribution is -2.43. The quantitative estimate of drug-likeness (QED) is 0.909. The van der Waals surface area contributed by atoms with Gasteiger partial charge in [-0.25, -0.2) is 4.39 Å². The van der Waals surface area contributed by atoms with Crippen LogP contribution in [0.4, 0.5) is 4.39 Å². The maximum Gasteiger partial charge on any atom is 0.127 e. The Morgan fingerprint density at radius 3 is 3.05 bits per heavy atom. The van der Waals surface area contributed by atoms with Gasteiger partial charge in [-0.3, -0.25) is 0 Å². The lowest BCUT2D eigenvalue weighted by molar-refractivity contribution is 0.0214. The van der Waals surface area contributed by atoms with Gasteiger partial charge < -0.3 is 15.4 Å². The third-order valence-electron chi connectivity index (χ3n) is 4.82. The van der Waals surface area contributed by atoms with E-state index in [1.54, 1.807) is 6.07 Å². The Balaban J connectivity index is 1.80. The Labute approximate surface area is 126 Å². The van der Waals surface area contributed by atoms with Crippen molar-refractivity contribution < 1.29 is 9.13 Å². The summed E-state index contributed by atoms with van der Waals surface area (Å²) in [6, 6.07) is 4.68. The second kappa shape index (κ2) is 5.93. The molecular weight excluding hydrogens is 267 g/mol. The number of halogens is 1. The highest BCUT2D eigenvalue weighted by molar-refractivity contribution is 5.39. The fraction of sp³-hybridized carbons (Fsp3) is 0.647. The molecule has 0 aromatic heterocycles. The number of likely N-dealkylation sites (tertiary alicyclic amines) is 1. The zero-order chi connectivity index (χ0) is 14.9. The number of fused-ring (bicyclic) bond motifs is 1. The number of benzene rings is 1. The minimum absolute atomic E-state index is 0.0490. The molecule has 0 aliphatic carbocycles. The molecule has 0 saturated carbocycles. The van der Waals surface area contributed by atoms with Crippen molar-refractivity contribution in [2.75, 3.05) is 19.6 Å². The largest absolute Gasteiger partial charge is 0.487 e. The van der Waals surface area contributed by atoms with Crippen LogP contribution < -0.4 is 10.5 Å². The topological polar surface area (TPSA) is 38.5 Å². The molecular formula is C17H25FN2O. The van der Waals surface area contributed by atoms with Crippen molar-refractivity contribution >= 4 is 0 Å². The molecule has 2 atom stereocenters. The lowest BCUT2D eigenvalue weighted by Gasteiger charge is -2.41. The fourth-order valence-electron chi connectivity index (χ4n) is 3.76. The number of hydrogen-bond donors (Lipinski definition) is 1. The van der Waals surface area contributed by atoms with Gasteiger partial charge in [-0.15, -0.1) is 0 Å². The van der Waals surface area contributed by atoms with Gasteiger partial charge in [0.05, 0.1) is 0 Å². The van der Waals surface area contributed by atoms with Crippen LogP contribution in [0.1, 0.15) is 50.6 Å². The first-order valence-electron chi connectivity index (χ1n) is 8.08. The molecule has 1 fully saturated rings. The van der Waals surface area contributed by atoms with Crippen LogP contribution in [0.15, 0.2) is 18.2 Å². The minimum atomic E-state index is -0.251. The molecule has 116 valence electrons. The summed E-state index contributed by atoms with van der Waals surface area (Å²) in [7, 11) is 0. The van der Waals surface area contributed by atoms with E-state index in [-0.39, 0.29) is 17.5 Å². The third-order valence-corrected chi connectivity index (χ3v) is 4.82. The molecule has 0 radical (unpaired) electrons. The highest BCUT2D eigenvalue weighted by Gasteiger charge is 2.40. The van der Waals surface area contributed by atoms with Gasteiger partial charge in [0.2, 0.25) is 0 Å². The summed E-state index contributed by atoms with van der Waals surface area (Å²) < 4.78 is 19.8. The molecule has 1 spiro atoms. The molecule has 3 nitrogen and oxygen atoms in total. The maximum absolute atomic E-state index is 13.5. The van der Waals surface area contributed by atoms with Crippen molar-refractivity contribution in [3.05, 3.63) is 29.6 Å². The summed E-state index contributed by atoms with van der Waals surface area (Å²) >= 11 is 0. The van der Waals surface area contributed by atoms with Gasteiger partial charge in [0.25, 0.3) is 0 Å². The Hall–Kier alpha value is -1.13. The first-order chi connectivity index (χ1) is 10.1. The smallest absolute Gasteiger partial charge is 0.127 e. The first-order valence-corrected chi connectivity index (χ1v) is 8.08. The third kappa shape index (κ3) is 3.06. The van der Waals surface area contributed by atoms with E-state index in [0.29, 0.717) is 5.75 Å². The van der Waals surface area contributed by atoms with Crippen molar-refractivity contribution in [2.45, 2.75) is 50.7 Å².